The Labute approximate surface area is 107 Å². The zero-order valence-electron chi connectivity index (χ0n) is 9.72. The molecule has 102 valence electrons. The molecule has 0 amide bonds. The Morgan fingerprint density at radius 2 is 1.79 bits per heavy atom. The molecule has 0 aliphatic carbocycles. The minimum Gasteiger partial charge on any atom is -0.389 e. The molecule has 0 bridgehead atoms. The van der Waals surface area contributed by atoms with E-state index in [1.54, 1.807) is 6.07 Å². The molecule has 0 aromatic heterocycles. The number of β-amino-alcohol motifs (C(OH)–C–C–N with tert-alkyl or cyclic N) is 2. The number of halogens is 3. The molecule has 2 rings (SSSR count). The quantitative estimate of drug-likeness (QED) is 0.804. The number of hydrogen-bond acceptors (Lipinski definition) is 4. The molecule has 1 aromatic carbocycles. The summed E-state index contributed by atoms with van der Waals surface area (Å²) in [6.45, 7) is 0.169. The van der Waals surface area contributed by atoms with E-state index < -0.39 is 23.9 Å². The Bertz CT molecular complexity index is 515. The fourth-order valence-electron chi connectivity index (χ4n) is 2.04. The summed E-state index contributed by atoms with van der Waals surface area (Å²) in [6.07, 6.45) is -6.43. The highest BCUT2D eigenvalue weighted by molar-refractivity contribution is 5.61. The molecule has 0 saturated carbocycles. The minimum absolute atomic E-state index is 0.0845. The van der Waals surface area contributed by atoms with Crippen molar-refractivity contribution in [2.45, 2.75) is 18.4 Å². The van der Waals surface area contributed by atoms with Crippen molar-refractivity contribution in [1.29, 1.82) is 5.26 Å². The second-order valence-electron chi connectivity index (χ2n) is 4.38. The minimum atomic E-state index is -4.51. The smallest absolute Gasteiger partial charge is 0.389 e. The molecule has 1 heterocycles. The molecule has 1 fully saturated rings. The first-order chi connectivity index (χ1) is 8.82. The van der Waals surface area contributed by atoms with Gasteiger partial charge in [-0.15, -0.1) is 0 Å². The number of rotatable bonds is 1. The Morgan fingerprint density at radius 3 is 2.26 bits per heavy atom. The Balaban J connectivity index is 2.36. The second kappa shape index (κ2) is 4.72. The van der Waals surface area contributed by atoms with Gasteiger partial charge in [0.1, 0.15) is 6.07 Å². The molecular formula is C12H11F3N2O2. The molecule has 0 spiro atoms. The lowest BCUT2D eigenvalue weighted by atomic mass is 10.1. The van der Waals surface area contributed by atoms with Crippen molar-refractivity contribution in [3.05, 3.63) is 29.3 Å². The molecule has 0 radical (unpaired) electrons. The van der Waals surface area contributed by atoms with Gasteiger partial charge in [0.25, 0.3) is 0 Å². The molecule has 2 N–H and O–H groups in total. The van der Waals surface area contributed by atoms with E-state index in [0.29, 0.717) is 0 Å². The zero-order chi connectivity index (χ0) is 14.2. The molecule has 1 aliphatic rings. The molecule has 1 aliphatic heterocycles. The van der Waals surface area contributed by atoms with Crippen molar-refractivity contribution in [3.63, 3.8) is 0 Å². The van der Waals surface area contributed by atoms with Gasteiger partial charge >= 0.3 is 6.18 Å². The topological polar surface area (TPSA) is 67.5 Å². The van der Waals surface area contributed by atoms with Crippen LogP contribution in [0.3, 0.4) is 0 Å². The molecule has 2 atom stereocenters. The fraction of sp³-hybridized carbons (Fsp3) is 0.417. The van der Waals surface area contributed by atoms with Crippen molar-refractivity contribution in [2.24, 2.45) is 0 Å². The standard InChI is InChI=1S/C12H11F3N2O2/c13-12(14,15)8-1-2-9(7(3-8)4-16)17-5-10(18)11(19)6-17/h1-3,10-11,18-19H,5-6H2. The van der Waals surface area contributed by atoms with Crippen LogP contribution in [0.5, 0.6) is 0 Å². The van der Waals surface area contributed by atoms with Gasteiger partial charge in [-0.3, -0.25) is 0 Å². The molecular weight excluding hydrogens is 261 g/mol. The number of hydrogen-bond donors (Lipinski definition) is 2. The second-order valence-corrected chi connectivity index (χ2v) is 4.38. The van der Waals surface area contributed by atoms with Crippen molar-refractivity contribution < 1.29 is 23.4 Å². The third-order valence-electron chi connectivity index (χ3n) is 3.04. The highest BCUT2D eigenvalue weighted by Gasteiger charge is 2.34. The Morgan fingerprint density at radius 1 is 1.21 bits per heavy atom. The number of anilines is 1. The van der Waals surface area contributed by atoms with Crippen molar-refractivity contribution >= 4 is 5.69 Å². The summed E-state index contributed by atoms with van der Waals surface area (Å²) in [7, 11) is 0. The summed E-state index contributed by atoms with van der Waals surface area (Å²) in [4.78, 5) is 1.49. The van der Waals surface area contributed by atoms with Gasteiger partial charge in [0, 0.05) is 13.1 Å². The number of aliphatic hydroxyl groups is 2. The largest absolute Gasteiger partial charge is 0.416 e. The molecule has 1 saturated heterocycles. The van der Waals surface area contributed by atoms with Gasteiger partial charge < -0.3 is 15.1 Å². The van der Waals surface area contributed by atoms with Gasteiger partial charge in [-0.25, -0.2) is 0 Å². The van der Waals surface area contributed by atoms with Crippen LogP contribution in [-0.4, -0.2) is 35.5 Å². The summed E-state index contributed by atoms with van der Waals surface area (Å²) in [5, 5.41) is 27.8. The summed E-state index contributed by atoms with van der Waals surface area (Å²) in [6, 6.07) is 4.55. The van der Waals surface area contributed by atoms with E-state index in [1.807, 2.05) is 0 Å². The van der Waals surface area contributed by atoms with Crippen molar-refractivity contribution in [3.8, 4) is 6.07 Å². The van der Waals surface area contributed by atoms with Crippen LogP contribution >= 0.6 is 0 Å². The Hall–Kier alpha value is -1.78. The van der Waals surface area contributed by atoms with Crippen molar-refractivity contribution in [1.82, 2.24) is 0 Å². The third kappa shape index (κ3) is 2.64. The van der Waals surface area contributed by atoms with Crippen LogP contribution in [0.1, 0.15) is 11.1 Å². The van der Waals surface area contributed by atoms with Crippen LogP contribution < -0.4 is 4.90 Å². The number of aliphatic hydroxyl groups excluding tert-OH is 2. The molecule has 19 heavy (non-hydrogen) atoms. The number of benzene rings is 1. The highest BCUT2D eigenvalue weighted by Crippen LogP contribution is 2.33. The number of nitriles is 1. The summed E-state index contributed by atoms with van der Waals surface area (Å²) >= 11 is 0. The average molecular weight is 272 g/mol. The lowest BCUT2D eigenvalue weighted by molar-refractivity contribution is -0.137. The summed E-state index contributed by atoms with van der Waals surface area (Å²) < 4.78 is 37.6. The average Bonchev–Trinajstić information content (AvgIpc) is 2.67. The van der Waals surface area contributed by atoms with E-state index >= 15 is 0 Å². The number of nitrogens with zero attached hydrogens (tertiary/aromatic N) is 2. The monoisotopic (exact) mass is 272 g/mol. The molecule has 4 nitrogen and oxygen atoms in total. The SMILES string of the molecule is N#Cc1cc(C(F)(F)F)ccc1N1CC(O)C(O)C1. The fourth-order valence-corrected chi connectivity index (χ4v) is 2.04. The highest BCUT2D eigenvalue weighted by atomic mass is 19.4. The maximum Gasteiger partial charge on any atom is 0.416 e. The van der Waals surface area contributed by atoms with Gasteiger partial charge in [0.05, 0.1) is 29.0 Å². The normalized spacial score (nSPS) is 23.5. The van der Waals surface area contributed by atoms with Gasteiger partial charge in [0.15, 0.2) is 0 Å². The maximum absolute atomic E-state index is 12.5. The van der Waals surface area contributed by atoms with E-state index in [2.05, 4.69) is 0 Å². The predicted molar refractivity (Wildman–Crippen MR) is 60.4 cm³/mol. The van der Waals surface area contributed by atoms with Gasteiger partial charge in [-0.2, -0.15) is 18.4 Å². The molecule has 2 unspecified atom stereocenters. The van der Waals surface area contributed by atoms with Crippen LogP contribution in [0.2, 0.25) is 0 Å². The molecule has 1 aromatic rings. The maximum atomic E-state index is 12.5. The van der Waals surface area contributed by atoms with E-state index in [4.69, 9.17) is 5.26 Å². The lowest BCUT2D eigenvalue weighted by Gasteiger charge is -2.20. The lowest BCUT2D eigenvalue weighted by Crippen LogP contribution is -2.22. The van der Waals surface area contributed by atoms with Gasteiger partial charge in [0.2, 0.25) is 0 Å². The van der Waals surface area contributed by atoms with Gasteiger partial charge in [-0.1, -0.05) is 0 Å². The van der Waals surface area contributed by atoms with Gasteiger partial charge in [-0.05, 0) is 18.2 Å². The predicted octanol–water partition coefficient (Wildman–Crippen LogP) is 1.12. The van der Waals surface area contributed by atoms with E-state index in [-0.39, 0.29) is 24.3 Å². The van der Waals surface area contributed by atoms with Crippen molar-refractivity contribution in [2.75, 3.05) is 18.0 Å². The van der Waals surface area contributed by atoms with Crippen LogP contribution in [0.4, 0.5) is 18.9 Å². The van der Waals surface area contributed by atoms with E-state index in [9.17, 15) is 23.4 Å². The Kier molecular flexibility index (Phi) is 3.39. The first-order valence-corrected chi connectivity index (χ1v) is 5.55. The number of alkyl halides is 3. The summed E-state index contributed by atoms with van der Waals surface area (Å²) in [5.74, 6) is 0. The van der Waals surface area contributed by atoms with Crippen LogP contribution in [0, 0.1) is 11.3 Å². The first-order valence-electron chi connectivity index (χ1n) is 5.55. The van der Waals surface area contributed by atoms with E-state index in [0.717, 1.165) is 12.1 Å². The molecule has 7 heteroatoms. The van der Waals surface area contributed by atoms with Crippen LogP contribution in [0.25, 0.3) is 0 Å². The van der Waals surface area contributed by atoms with E-state index in [1.165, 1.54) is 11.0 Å². The van der Waals surface area contributed by atoms with Crippen LogP contribution in [0.15, 0.2) is 18.2 Å². The third-order valence-corrected chi connectivity index (χ3v) is 3.04. The first kappa shape index (κ1) is 13.6. The summed E-state index contributed by atoms with van der Waals surface area (Å²) in [5.41, 5.74) is -0.740. The van der Waals surface area contributed by atoms with Crippen LogP contribution in [-0.2, 0) is 6.18 Å². The zero-order valence-corrected chi connectivity index (χ0v) is 9.72.